The lowest BCUT2D eigenvalue weighted by atomic mass is 9.94. The summed E-state index contributed by atoms with van der Waals surface area (Å²) in [6.07, 6.45) is -49.1. The second-order valence-corrected chi connectivity index (χ2v) is 20.5. The van der Waals surface area contributed by atoms with E-state index in [1.165, 1.54) is 4.72 Å². The van der Waals surface area contributed by atoms with E-state index >= 15 is 0 Å². The summed E-state index contributed by atoms with van der Waals surface area (Å²) in [4.78, 5) is 45.4. The largest absolute Gasteiger partial charge is 0.481 e. The molecule has 4 aliphatic heterocycles. The van der Waals surface area contributed by atoms with Crippen molar-refractivity contribution in [3.8, 4) is 0 Å². The number of hydrogen-bond acceptors (Lipinski definition) is 31. The molecule has 4 rings (SSSR count). The number of carboxylic acid groups (broad SMARTS) is 3. The van der Waals surface area contributed by atoms with E-state index in [9.17, 15) is 116 Å². The smallest absolute Gasteiger partial charge is 0.397 e. The minimum absolute atomic E-state index is 0.833. The van der Waals surface area contributed by atoms with Gasteiger partial charge in [-0.3, -0.25) is 32.4 Å². The van der Waals surface area contributed by atoms with Crippen LogP contribution in [0.1, 0.15) is 13.8 Å². The quantitative estimate of drug-likeness (QED) is 0.0475. The summed E-state index contributed by atoms with van der Waals surface area (Å²) in [6, 6.07) is -4.96. The Morgan fingerprint density at radius 2 is 0.946 bits per heavy atom. The number of ether oxygens (including phenoxy) is 7. The fourth-order valence-electron chi connectivity index (χ4n) is 7.05. The number of hydrogen-bond donors (Lipinski definition) is 16. The van der Waals surface area contributed by atoms with Crippen molar-refractivity contribution < 1.29 is 180 Å². The Bertz CT molecular complexity index is 2550. The second-order valence-electron chi connectivity index (χ2n) is 15.1. The molecule has 4 heterocycles. The lowest BCUT2D eigenvalue weighted by molar-refractivity contribution is -0.366. The lowest BCUT2D eigenvalue weighted by Gasteiger charge is -2.50. The van der Waals surface area contributed by atoms with E-state index in [0.717, 1.165) is 13.8 Å². The molecule has 0 aliphatic carbocycles. The van der Waals surface area contributed by atoms with Crippen molar-refractivity contribution >= 4 is 75.7 Å². The highest BCUT2D eigenvalue weighted by Crippen LogP contribution is 2.37. The topological polar surface area (TPSA) is 648 Å². The first-order valence-corrected chi connectivity index (χ1v) is 26.3. The Hall–Kier alpha value is -3.29. The maximum absolute atomic E-state index is 12.7. The molecule has 0 unspecified atom stereocenters. The average Bonchev–Trinajstić information content (AvgIpc) is 3.20. The number of aliphatic carboxylic acids is 3. The summed E-state index contributed by atoms with van der Waals surface area (Å²) in [5.41, 5.74) is 0. The Labute approximate surface area is 414 Å². The highest BCUT2D eigenvalue weighted by atomic mass is 32.3. The number of carbonyl (C=O) groups is 4. The van der Waals surface area contributed by atoms with Gasteiger partial charge in [-0.05, 0) is 0 Å². The first kappa shape index (κ1) is 65.0. The molecule has 74 heavy (non-hydrogen) atoms. The van der Waals surface area contributed by atoms with E-state index in [1.54, 1.807) is 0 Å². The van der Waals surface area contributed by atoms with Gasteiger partial charge >= 0.3 is 63.8 Å². The third-order valence-corrected chi connectivity index (χ3v) is 12.1. The normalized spacial score (nSPS) is 37.4. The van der Waals surface area contributed by atoms with E-state index in [1.807, 2.05) is 5.32 Å². The number of carboxylic acids is 3. The minimum atomic E-state index is -6.09. The lowest BCUT2D eigenvalue weighted by Crippen LogP contribution is -2.71. The number of rotatable bonds is 21. The number of carbonyl (C=O) groups excluding carboxylic acids is 1. The molecule has 1 amide bonds. The summed E-state index contributed by atoms with van der Waals surface area (Å²) in [5, 5.41) is 93.4. The summed E-state index contributed by atoms with van der Waals surface area (Å²) >= 11 is 0. The first-order valence-electron chi connectivity index (χ1n) is 19.4. The van der Waals surface area contributed by atoms with Gasteiger partial charge in [0.2, 0.25) is 5.91 Å². The molecule has 0 bridgehead atoms. The molecular weight excluding hydrogens is 1150 g/mol. The second kappa shape index (κ2) is 25.5. The van der Waals surface area contributed by atoms with Crippen LogP contribution in [0.2, 0.25) is 0 Å². The summed E-state index contributed by atoms with van der Waals surface area (Å²) in [7, 11) is -29.1. The van der Waals surface area contributed by atoms with Crippen molar-refractivity contribution in [3.05, 3.63) is 0 Å². The molecule has 0 aromatic carbocycles. The third-order valence-electron chi connectivity index (χ3n) is 9.68. The summed E-state index contributed by atoms with van der Waals surface area (Å²) < 4.78 is 222. The molecule has 0 aromatic rings. The average molecular weight is 1190 g/mol. The highest BCUT2D eigenvalue weighted by molar-refractivity contribution is 7.83. The molecule has 0 radical (unpaired) electrons. The van der Waals surface area contributed by atoms with Gasteiger partial charge in [0, 0.05) is 13.8 Å². The fourth-order valence-corrected chi connectivity index (χ4v) is 9.43. The van der Waals surface area contributed by atoms with Gasteiger partial charge < -0.3 is 84.4 Å². The van der Waals surface area contributed by atoms with Crippen molar-refractivity contribution in [2.45, 2.75) is 137 Å². The molecule has 4 saturated heterocycles. The maximum Gasteiger partial charge on any atom is 0.397 e. The van der Waals surface area contributed by atoms with Crippen LogP contribution in [0, 0.1) is 0 Å². The Morgan fingerprint density at radius 1 is 0.500 bits per heavy atom. The van der Waals surface area contributed by atoms with Crippen molar-refractivity contribution in [2.24, 2.45) is 0 Å². The van der Waals surface area contributed by atoms with E-state index < -0.39 is 212 Å². The van der Waals surface area contributed by atoms with Crippen molar-refractivity contribution in [1.29, 1.82) is 0 Å². The van der Waals surface area contributed by atoms with Gasteiger partial charge in [0.05, 0.1) is 13.2 Å². The van der Waals surface area contributed by atoms with E-state index in [2.05, 4.69) is 16.7 Å². The predicted octanol–water partition coefficient (Wildman–Crippen LogP) is -10.6. The van der Waals surface area contributed by atoms with Crippen molar-refractivity contribution in [3.63, 3.8) is 0 Å². The third kappa shape index (κ3) is 19.0. The molecule has 4 aliphatic rings. The van der Waals surface area contributed by atoms with Gasteiger partial charge in [-0.25, -0.2) is 26.3 Å². The van der Waals surface area contributed by atoms with Crippen LogP contribution in [0.25, 0.3) is 0 Å². The van der Waals surface area contributed by atoms with Gasteiger partial charge in [0.1, 0.15) is 73.1 Å². The van der Waals surface area contributed by atoms with Gasteiger partial charge in [0.25, 0.3) is 5.97 Å². The molecule has 0 aromatic heterocycles. The fraction of sp³-hybridized carbons (Fsp3) is 0.857. The maximum atomic E-state index is 12.7. The van der Waals surface area contributed by atoms with E-state index in [-0.39, 0.29) is 0 Å². The van der Waals surface area contributed by atoms with Crippen LogP contribution < -0.4 is 10.0 Å². The number of nitrogens with one attached hydrogen (secondary N) is 2. The van der Waals surface area contributed by atoms with Crippen LogP contribution in [-0.2, 0) is 121 Å². The first-order chi connectivity index (χ1) is 33.5. The molecule has 0 spiro atoms. The molecule has 432 valence electrons. The molecule has 4 fully saturated rings. The monoisotopic (exact) mass is 1190 g/mol. The van der Waals surface area contributed by atoms with Crippen LogP contribution in [-0.4, -0.2) is 271 Å². The van der Waals surface area contributed by atoms with Gasteiger partial charge in [-0.2, -0.15) is 46.8 Å². The Kier molecular flexibility index (Phi) is 22.4. The molecule has 20 atom stereocenters. The van der Waals surface area contributed by atoms with Crippen LogP contribution in [0.15, 0.2) is 0 Å². The predicted molar refractivity (Wildman–Crippen MR) is 214 cm³/mol. The molecule has 0 saturated carbocycles. The van der Waals surface area contributed by atoms with E-state index in [0.29, 0.717) is 0 Å². The number of aliphatic hydroxyl groups excluding tert-OH is 6. The molecular formula is C28H46N2O39S5. The zero-order chi connectivity index (χ0) is 57.0. The van der Waals surface area contributed by atoms with Crippen LogP contribution in [0.4, 0.5) is 0 Å². The van der Waals surface area contributed by atoms with Crippen LogP contribution in [0.3, 0.4) is 0 Å². The summed E-state index contributed by atoms with van der Waals surface area (Å²) in [6.45, 7) is -1.16. The van der Waals surface area contributed by atoms with Gasteiger partial charge in [-0.15, -0.1) is 0 Å². The van der Waals surface area contributed by atoms with Crippen LogP contribution >= 0.6 is 0 Å². The van der Waals surface area contributed by atoms with Gasteiger partial charge in [0.15, 0.2) is 49.6 Å². The van der Waals surface area contributed by atoms with Crippen molar-refractivity contribution in [2.75, 3.05) is 13.2 Å². The Balaban J connectivity index is 0.00000348. The highest BCUT2D eigenvalue weighted by Gasteiger charge is 2.60. The number of amides is 1. The van der Waals surface area contributed by atoms with Crippen molar-refractivity contribution in [1.82, 2.24) is 10.0 Å². The molecule has 16 N–H and O–H groups in total. The van der Waals surface area contributed by atoms with Crippen LogP contribution in [0.5, 0.6) is 0 Å². The zero-order valence-electron chi connectivity index (χ0n) is 36.5. The van der Waals surface area contributed by atoms with Gasteiger partial charge in [-0.1, -0.05) is 0 Å². The van der Waals surface area contributed by atoms with E-state index in [4.69, 9.17) is 47.6 Å². The standard InChI is InChI=1S/C26H42N2O37S5.C2H4O2/c1-4(30)27-7-9(31)13(6(56-23(7)39)3-55-67(43,44)45)58-26-19(65-70(52,53)54)12(34)16(20(62-26)22(37)38)60-24-8(28-66(40,41)42)15(63-68(46,47)48)14(5(2-29)57-24)59-25-18(64-69(49,50)51)11(33)10(32)17(61-25)21(35)36;1-2(3)4/h5-20,23-26,28-29,31-34,39H,2-3H2,1H3,(H,27,30)(H,35,36)(H,37,38)(H,40,41,42)(H,43,44,45)(H,46,47,48)(H,49,50,51)(H,52,53,54);1H3,(H,3,4)/t5-,6+,7-,8-,9-,10-,11-,12+,13-,14-,15-,16+,17-,18+,19-,20+,23-,24+,25+,26-;/m1./s1. The molecule has 46 heteroatoms. The zero-order valence-corrected chi connectivity index (χ0v) is 40.6. The minimum Gasteiger partial charge on any atom is -0.481 e. The number of aliphatic hydroxyl groups is 6. The summed E-state index contributed by atoms with van der Waals surface area (Å²) in [5.74, 6) is -6.32. The Morgan fingerprint density at radius 3 is 1.38 bits per heavy atom. The SMILES string of the molecule is CC(=O)N[C@@H]1[C@@H](O)[C@H](O[C@@H]2O[C@H](C(=O)O)[C@@H](O[C@@H]3O[C@H](CO)[C@@H](O[C@H]4O[C@@H](C(=O)O)[C@H](O)[C@@H](O)[C@@H]4OS(=O)(=O)O)[C@H](OS(=O)(=O)O)[C@H]3NS(=O)(=O)O)[C@H](O)[C@H]2OS(=O)(=O)O)[C@H](COS(=O)(=O)O)O[C@H]1O.CC(=O)O. The molecule has 41 nitrogen and oxygen atoms in total.